The van der Waals surface area contributed by atoms with E-state index in [0.717, 1.165) is 32.5 Å². The molecule has 1 rings (SSSR count). The lowest BCUT2D eigenvalue weighted by Crippen LogP contribution is -2.57. The van der Waals surface area contributed by atoms with Gasteiger partial charge in [-0.25, -0.2) is 0 Å². The van der Waals surface area contributed by atoms with Crippen LogP contribution < -0.4 is 16.0 Å². The summed E-state index contributed by atoms with van der Waals surface area (Å²) in [4.78, 5) is 11.9. The third kappa shape index (κ3) is 3.80. The van der Waals surface area contributed by atoms with Crippen LogP contribution in [0, 0.1) is 0 Å². The van der Waals surface area contributed by atoms with Crippen molar-refractivity contribution in [2.45, 2.75) is 38.6 Å². The fourth-order valence-electron chi connectivity index (χ4n) is 1.89. The molecule has 1 heterocycles. The molecule has 0 spiro atoms. The molecule has 0 saturated carbocycles. The molecule has 1 atom stereocenters. The highest BCUT2D eigenvalue weighted by Gasteiger charge is 2.33. The van der Waals surface area contributed by atoms with Crippen LogP contribution in [0.1, 0.15) is 33.1 Å². The molecule has 0 aliphatic carbocycles. The number of hydrogen-bond donors (Lipinski definition) is 3. The monoisotopic (exact) mass is 213 g/mol. The third-order valence-corrected chi connectivity index (χ3v) is 2.96. The number of amides is 1. The van der Waals surface area contributed by atoms with Gasteiger partial charge in [-0.15, -0.1) is 0 Å². The van der Waals surface area contributed by atoms with Crippen LogP contribution in [0.4, 0.5) is 0 Å². The number of rotatable bonds is 5. The van der Waals surface area contributed by atoms with Crippen molar-refractivity contribution in [3.05, 3.63) is 0 Å². The summed E-state index contributed by atoms with van der Waals surface area (Å²) in [7, 11) is 0. The molecule has 1 fully saturated rings. The normalized spacial score (nSPS) is 26.3. The summed E-state index contributed by atoms with van der Waals surface area (Å²) >= 11 is 0. The van der Waals surface area contributed by atoms with Crippen LogP contribution in [0.2, 0.25) is 0 Å². The molecule has 4 heteroatoms. The zero-order valence-electron chi connectivity index (χ0n) is 9.86. The lowest BCUT2D eigenvalue weighted by Gasteiger charge is -2.33. The van der Waals surface area contributed by atoms with E-state index in [0.29, 0.717) is 6.54 Å². The van der Waals surface area contributed by atoms with E-state index in [1.54, 1.807) is 0 Å². The number of nitrogens with one attached hydrogen (secondary N) is 3. The summed E-state index contributed by atoms with van der Waals surface area (Å²) in [6.07, 6.45) is 3.27. The highest BCUT2D eigenvalue weighted by Crippen LogP contribution is 2.18. The van der Waals surface area contributed by atoms with Gasteiger partial charge in [0.2, 0.25) is 5.91 Å². The Bertz CT molecular complexity index is 200. The molecule has 4 nitrogen and oxygen atoms in total. The second-order valence-corrected chi connectivity index (χ2v) is 4.33. The molecular weight excluding hydrogens is 190 g/mol. The van der Waals surface area contributed by atoms with Crippen LogP contribution in [0.25, 0.3) is 0 Å². The van der Waals surface area contributed by atoms with E-state index >= 15 is 0 Å². The SMILES string of the molecule is CCNCCNC(=O)C1(C)CCCCN1. The van der Waals surface area contributed by atoms with Crippen molar-refractivity contribution in [2.24, 2.45) is 0 Å². The minimum absolute atomic E-state index is 0.139. The van der Waals surface area contributed by atoms with E-state index in [-0.39, 0.29) is 11.4 Å². The van der Waals surface area contributed by atoms with Gasteiger partial charge in [-0.1, -0.05) is 6.92 Å². The summed E-state index contributed by atoms with van der Waals surface area (Å²) < 4.78 is 0. The van der Waals surface area contributed by atoms with E-state index < -0.39 is 0 Å². The van der Waals surface area contributed by atoms with E-state index in [4.69, 9.17) is 0 Å². The Hall–Kier alpha value is -0.610. The second-order valence-electron chi connectivity index (χ2n) is 4.33. The van der Waals surface area contributed by atoms with Gasteiger partial charge in [0.05, 0.1) is 5.54 Å². The molecule has 0 aromatic rings. The van der Waals surface area contributed by atoms with Crippen LogP contribution in [0.5, 0.6) is 0 Å². The number of carbonyl (C=O) groups excluding carboxylic acids is 1. The van der Waals surface area contributed by atoms with Crippen molar-refractivity contribution in [1.29, 1.82) is 0 Å². The molecule has 1 unspecified atom stereocenters. The Labute approximate surface area is 92.2 Å². The topological polar surface area (TPSA) is 53.2 Å². The van der Waals surface area contributed by atoms with Gasteiger partial charge in [0.15, 0.2) is 0 Å². The highest BCUT2D eigenvalue weighted by molar-refractivity contribution is 5.85. The average molecular weight is 213 g/mol. The Kier molecular flexibility index (Phi) is 5.05. The number of piperidine rings is 1. The molecule has 1 saturated heterocycles. The van der Waals surface area contributed by atoms with Crippen molar-refractivity contribution in [3.8, 4) is 0 Å². The van der Waals surface area contributed by atoms with E-state index in [9.17, 15) is 4.79 Å². The first-order chi connectivity index (χ1) is 7.19. The highest BCUT2D eigenvalue weighted by atomic mass is 16.2. The first-order valence-electron chi connectivity index (χ1n) is 5.93. The predicted octanol–water partition coefficient (Wildman–Crippen LogP) is 0.244. The first kappa shape index (κ1) is 12.5. The quantitative estimate of drug-likeness (QED) is 0.574. The van der Waals surface area contributed by atoms with Crippen LogP contribution >= 0.6 is 0 Å². The fraction of sp³-hybridized carbons (Fsp3) is 0.909. The van der Waals surface area contributed by atoms with E-state index in [1.165, 1.54) is 6.42 Å². The fourth-order valence-corrected chi connectivity index (χ4v) is 1.89. The molecule has 1 aliphatic heterocycles. The zero-order chi connectivity index (χ0) is 11.1. The van der Waals surface area contributed by atoms with Crippen molar-refractivity contribution < 1.29 is 4.79 Å². The van der Waals surface area contributed by atoms with Crippen LogP contribution in [-0.4, -0.2) is 37.6 Å². The van der Waals surface area contributed by atoms with Gasteiger partial charge in [-0.3, -0.25) is 4.79 Å². The molecule has 0 aromatic heterocycles. The Morgan fingerprint density at radius 1 is 1.40 bits per heavy atom. The first-order valence-corrected chi connectivity index (χ1v) is 5.93. The van der Waals surface area contributed by atoms with Crippen molar-refractivity contribution >= 4 is 5.91 Å². The van der Waals surface area contributed by atoms with Gasteiger partial charge in [0, 0.05) is 13.1 Å². The van der Waals surface area contributed by atoms with Gasteiger partial charge in [-0.05, 0) is 39.3 Å². The summed E-state index contributed by atoms with van der Waals surface area (Å²) in [5.74, 6) is 0.139. The number of carbonyl (C=O) groups is 1. The second kappa shape index (κ2) is 6.08. The van der Waals surface area contributed by atoms with E-state index in [1.807, 2.05) is 6.92 Å². The molecule has 3 N–H and O–H groups in total. The van der Waals surface area contributed by atoms with Crippen molar-refractivity contribution in [3.63, 3.8) is 0 Å². The van der Waals surface area contributed by atoms with Crippen molar-refractivity contribution in [1.82, 2.24) is 16.0 Å². The Morgan fingerprint density at radius 3 is 2.80 bits per heavy atom. The molecule has 15 heavy (non-hydrogen) atoms. The van der Waals surface area contributed by atoms with Gasteiger partial charge >= 0.3 is 0 Å². The average Bonchev–Trinajstić information content (AvgIpc) is 2.25. The smallest absolute Gasteiger partial charge is 0.240 e. The maximum atomic E-state index is 11.9. The maximum Gasteiger partial charge on any atom is 0.240 e. The predicted molar refractivity (Wildman–Crippen MR) is 61.8 cm³/mol. The van der Waals surface area contributed by atoms with E-state index in [2.05, 4.69) is 22.9 Å². The van der Waals surface area contributed by atoms with Gasteiger partial charge in [0.25, 0.3) is 0 Å². The summed E-state index contributed by atoms with van der Waals surface area (Å²) in [5, 5.41) is 9.45. The molecule has 0 bridgehead atoms. The summed E-state index contributed by atoms with van der Waals surface area (Å²) in [6, 6.07) is 0. The molecule has 0 aromatic carbocycles. The van der Waals surface area contributed by atoms with Gasteiger partial charge in [-0.2, -0.15) is 0 Å². The molecule has 1 amide bonds. The largest absolute Gasteiger partial charge is 0.353 e. The molecular formula is C11H23N3O. The third-order valence-electron chi connectivity index (χ3n) is 2.96. The van der Waals surface area contributed by atoms with Gasteiger partial charge < -0.3 is 16.0 Å². The minimum Gasteiger partial charge on any atom is -0.353 e. The molecule has 0 radical (unpaired) electrons. The Morgan fingerprint density at radius 2 is 2.20 bits per heavy atom. The van der Waals surface area contributed by atoms with Crippen molar-refractivity contribution in [2.75, 3.05) is 26.2 Å². The number of hydrogen-bond acceptors (Lipinski definition) is 3. The number of likely N-dealkylation sites (N-methyl/N-ethyl adjacent to an activating group) is 1. The minimum atomic E-state index is -0.343. The molecule has 88 valence electrons. The summed E-state index contributed by atoms with van der Waals surface area (Å²) in [6.45, 7) is 7.52. The Balaban J connectivity index is 2.25. The standard InChI is InChI=1S/C11H23N3O/c1-3-12-8-9-13-10(15)11(2)6-4-5-7-14-11/h12,14H,3-9H2,1-2H3,(H,13,15). The molecule has 1 aliphatic rings. The van der Waals surface area contributed by atoms with Gasteiger partial charge in [0.1, 0.15) is 0 Å². The van der Waals surface area contributed by atoms with Crippen LogP contribution in [0.15, 0.2) is 0 Å². The summed E-state index contributed by atoms with van der Waals surface area (Å²) in [5.41, 5.74) is -0.343. The lowest BCUT2D eigenvalue weighted by molar-refractivity contribution is -0.127. The lowest BCUT2D eigenvalue weighted by atomic mass is 9.90. The zero-order valence-corrected chi connectivity index (χ0v) is 9.86. The van der Waals surface area contributed by atoms with Crippen LogP contribution in [-0.2, 0) is 4.79 Å². The van der Waals surface area contributed by atoms with Crippen LogP contribution in [0.3, 0.4) is 0 Å². The maximum absolute atomic E-state index is 11.9.